The third-order valence-electron chi connectivity index (χ3n) is 5.31. The van der Waals surface area contributed by atoms with E-state index in [9.17, 15) is 4.79 Å². The minimum atomic E-state index is 0.161. The Balaban J connectivity index is 1.51. The molecular formula is C18H25BrN2O. The Morgan fingerprint density at radius 3 is 2.91 bits per heavy atom. The van der Waals surface area contributed by atoms with Gasteiger partial charge in [-0.1, -0.05) is 34.5 Å². The maximum atomic E-state index is 12.1. The molecule has 1 atom stereocenters. The molecule has 2 aliphatic rings. The van der Waals surface area contributed by atoms with E-state index in [-0.39, 0.29) is 11.3 Å². The SMILES string of the molecule is O=C(CCC1CCNC1)NCC1(c2cccc(Br)c2)CCC1. The van der Waals surface area contributed by atoms with Crippen LogP contribution in [0.15, 0.2) is 28.7 Å². The smallest absolute Gasteiger partial charge is 0.220 e. The van der Waals surface area contributed by atoms with Gasteiger partial charge in [0, 0.05) is 22.9 Å². The lowest BCUT2D eigenvalue weighted by Gasteiger charge is -2.42. The van der Waals surface area contributed by atoms with Crippen LogP contribution in [0.2, 0.25) is 0 Å². The molecule has 4 heteroatoms. The van der Waals surface area contributed by atoms with Crippen LogP contribution in [0.25, 0.3) is 0 Å². The number of halogens is 1. The second-order valence-corrected chi connectivity index (χ2v) is 7.73. The van der Waals surface area contributed by atoms with Crippen molar-refractivity contribution in [1.29, 1.82) is 0 Å². The molecular weight excluding hydrogens is 340 g/mol. The first-order valence-electron chi connectivity index (χ1n) is 8.41. The summed E-state index contributed by atoms with van der Waals surface area (Å²) in [5.74, 6) is 0.904. The van der Waals surface area contributed by atoms with Crippen LogP contribution in [0.4, 0.5) is 0 Å². The van der Waals surface area contributed by atoms with Crippen LogP contribution in [-0.2, 0) is 10.2 Å². The Bertz CT molecular complexity index is 522. The Kier molecular flexibility index (Phi) is 5.19. The van der Waals surface area contributed by atoms with Gasteiger partial charge in [-0.3, -0.25) is 4.79 Å². The van der Waals surface area contributed by atoms with Crippen LogP contribution in [-0.4, -0.2) is 25.5 Å². The van der Waals surface area contributed by atoms with Crippen LogP contribution in [0.1, 0.15) is 44.1 Å². The molecule has 2 N–H and O–H groups in total. The number of amides is 1. The van der Waals surface area contributed by atoms with Crippen LogP contribution in [0, 0.1) is 5.92 Å². The maximum Gasteiger partial charge on any atom is 0.220 e. The Morgan fingerprint density at radius 1 is 1.41 bits per heavy atom. The van der Waals surface area contributed by atoms with Crippen LogP contribution in [0.5, 0.6) is 0 Å². The van der Waals surface area contributed by atoms with Gasteiger partial charge in [0.1, 0.15) is 0 Å². The molecule has 22 heavy (non-hydrogen) atoms. The number of benzene rings is 1. The van der Waals surface area contributed by atoms with Gasteiger partial charge in [0.2, 0.25) is 5.91 Å². The summed E-state index contributed by atoms with van der Waals surface area (Å²) in [5.41, 5.74) is 1.52. The summed E-state index contributed by atoms with van der Waals surface area (Å²) in [6.45, 7) is 2.97. The van der Waals surface area contributed by atoms with Crippen LogP contribution < -0.4 is 10.6 Å². The fourth-order valence-corrected chi connectivity index (χ4v) is 4.04. The van der Waals surface area contributed by atoms with E-state index in [1.807, 2.05) is 0 Å². The number of carbonyl (C=O) groups excluding carboxylic acids is 1. The summed E-state index contributed by atoms with van der Waals surface area (Å²) in [5, 5.41) is 6.55. The summed E-state index contributed by atoms with van der Waals surface area (Å²) < 4.78 is 1.12. The number of carbonyl (C=O) groups is 1. The van der Waals surface area contributed by atoms with Crippen molar-refractivity contribution in [3.63, 3.8) is 0 Å². The minimum absolute atomic E-state index is 0.161. The molecule has 1 unspecified atom stereocenters. The van der Waals surface area contributed by atoms with E-state index in [2.05, 4.69) is 50.8 Å². The zero-order valence-corrected chi connectivity index (χ0v) is 14.6. The summed E-state index contributed by atoms with van der Waals surface area (Å²) >= 11 is 3.56. The van der Waals surface area contributed by atoms with Crippen molar-refractivity contribution in [3.8, 4) is 0 Å². The summed E-state index contributed by atoms with van der Waals surface area (Å²) in [6.07, 6.45) is 6.52. The van der Waals surface area contributed by atoms with E-state index in [4.69, 9.17) is 0 Å². The monoisotopic (exact) mass is 364 g/mol. The number of hydrogen-bond donors (Lipinski definition) is 2. The summed E-state index contributed by atoms with van der Waals surface area (Å²) in [7, 11) is 0. The number of rotatable bonds is 6. The van der Waals surface area contributed by atoms with Crippen molar-refractivity contribution < 1.29 is 4.79 Å². The highest BCUT2D eigenvalue weighted by molar-refractivity contribution is 9.10. The molecule has 1 aliphatic carbocycles. The molecule has 3 rings (SSSR count). The molecule has 1 heterocycles. The molecule has 1 aromatic rings. The van der Waals surface area contributed by atoms with Crippen LogP contribution in [0.3, 0.4) is 0 Å². The molecule has 0 radical (unpaired) electrons. The Hall–Kier alpha value is -0.870. The average molecular weight is 365 g/mol. The first-order valence-corrected chi connectivity index (χ1v) is 9.21. The Morgan fingerprint density at radius 2 is 2.27 bits per heavy atom. The highest BCUT2D eigenvalue weighted by Crippen LogP contribution is 2.43. The van der Waals surface area contributed by atoms with E-state index in [0.29, 0.717) is 12.3 Å². The fourth-order valence-electron chi connectivity index (χ4n) is 3.64. The van der Waals surface area contributed by atoms with Crippen molar-refractivity contribution in [2.24, 2.45) is 5.92 Å². The molecule has 0 bridgehead atoms. The molecule has 1 aliphatic heterocycles. The summed E-state index contributed by atoms with van der Waals surface area (Å²) in [6, 6.07) is 8.55. The lowest BCUT2D eigenvalue weighted by Crippen LogP contribution is -2.45. The predicted molar refractivity (Wildman–Crippen MR) is 92.9 cm³/mol. The van der Waals surface area contributed by atoms with Crippen molar-refractivity contribution in [2.45, 2.75) is 43.9 Å². The molecule has 1 saturated carbocycles. The quantitative estimate of drug-likeness (QED) is 0.812. The van der Waals surface area contributed by atoms with Crippen molar-refractivity contribution in [3.05, 3.63) is 34.3 Å². The van der Waals surface area contributed by atoms with E-state index in [1.165, 1.54) is 31.2 Å². The largest absolute Gasteiger partial charge is 0.355 e. The number of nitrogens with one attached hydrogen (secondary N) is 2. The van der Waals surface area contributed by atoms with Crippen LogP contribution >= 0.6 is 15.9 Å². The highest BCUT2D eigenvalue weighted by Gasteiger charge is 2.38. The molecule has 0 spiro atoms. The van der Waals surface area contributed by atoms with Gasteiger partial charge in [-0.25, -0.2) is 0 Å². The van der Waals surface area contributed by atoms with Gasteiger partial charge in [0.05, 0.1) is 0 Å². The third kappa shape index (κ3) is 3.72. The molecule has 120 valence electrons. The third-order valence-corrected chi connectivity index (χ3v) is 5.81. The molecule has 0 aromatic heterocycles. The first kappa shape index (κ1) is 16.0. The lowest BCUT2D eigenvalue weighted by molar-refractivity contribution is -0.121. The van der Waals surface area contributed by atoms with Gasteiger partial charge >= 0.3 is 0 Å². The highest BCUT2D eigenvalue weighted by atomic mass is 79.9. The Labute approximate surface area is 141 Å². The molecule has 2 fully saturated rings. The van der Waals surface area contributed by atoms with Gasteiger partial charge in [-0.05, 0) is 62.4 Å². The summed E-state index contributed by atoms with van der Waals surface area (Å²) in [4.78, 5) is 12.1. The van der Waals surface area contributed by atoms with E-state index in [1.54, 1.807) is 0 Å². The first-order chi connectivity index (χ1) is 10.7. The van der Waals surface area contributed by atoms with Gasteiger partial charge in [-0.15, -0.1) is 0 Å². The van der Waals surface area contributed by atoms with E-state index in [0.717, 1.165) is 30.5 Å². The predicted octanol–water partition coefficient (Wildman–Crippen LogP) is 3.38. The minimum Gasteiger partial charge on any atom is -0.355 e. The van der Waals surface area contributed by atoms with E-state index < -0.39 is 0 Å². The van der Waals surface area contributed by atoms with Gasteiger partial charge in [-0.2, -0.15) is 0 Å². The maximum absolute atomic E-state index is 12.1. The van der Waals surface area contributed by atoms with Gasteiger partial charge < -0.3 is 10.6 Å². The molecule has 1 amide bonds. The van der Waals surface area contributed by atoms with Crippen molar-refractivity contribution in [2.75, 3.05) is 19.6 Å². The van der Waals surface area contributed by atoms with Gasteiger partial charge in [0.15, 0.2) is 0 Å². The zero-order chi connectivity index (χ0) is 15.4. The second-order valence-electron chi connectivity index (χ2n) is 6.82. The average Bonchev–Trinajstić information content (AvgIpc) is 2.97. The second kappa shape index (κ2) is 7.14. The van der Waals surface area contributed by atoms with Crippen molar-refractivity contribution in [1.82, 2.24) is 10.6 Å². The van der Waals surface area contributed by atoms with Crippen molar-refractivity contribution >= 4 is 21.8 Å². The van der Waals surface area contributed by atoms with Gasteiger partial charge in [0.25, 0.3) is 0 Å². The molecule has 1 saturated heterocycles. The molecule has 1 aromatic carbocycles. The zero-order valence-electron chi connectivity index (χ0n) is 13.0. The molecule has 3 nitrogen and oxygen atoms in total. The van der Waals surface area contributed by atoms with E-state index >= 15 is 0 Å². The number of hydrogen-bond acceptors (Lipinski definition) is 2. The fraction of sp³-hybridized carbons (Fsp3) is 0.611. The topological polar surface area (TPSA) is 41.1 Å². The lowest BCUT2D eigenvalue weighted by atomic mass is 9.64. The standard InChI is InChI=1S/C18H25BrN2O/c19-16-4-1-3-15(11-16)18(8-2-9-18)13-21-17(22)6-5-14-7-10-20-12-14/h1,3-4,11,14,20H,2,5-10,12-13H2,(H,21,22). The normalized spacial score (nSPS) is 23.0.